The Morgan fingerprint density at radius 2 is 2.06 bits per heavy atom. The highest BCUT2D eigenvalue weighted by molar-refractivity contribution is 6.07. The van der Waals surface area contributed by atoms with Crippen molar-refractivity contribution in [3.05, 3.63) is 42.2 Å². The first-order chi connectivity index (χ1) is 16.5. The zero-order valence-corrected chi connectivity index (χ0v) is 18.8. The molecule has 2 amide bonds. The fourth-order valence-corrected chi connectivity index (χ4v) is 3.48. The molecule has 0 radical (unpaired) electrons. The van der Waals surface area contributed by atoms with Gasteiger partial charge in [0.2, 0.25) is 5.89 Å². The zero-order chi connectivity index (χ0) is 25.3. The lowest BCUT2D eigenvalue weighted by molar-refractivity contribution is -0.115. The van der Waals surface area contributed by atoms with Gasteiger partial charge >= 0.3 is 6.18 Å². The third-order valence-corrected chi connectivity index (χ3v) is 5.42. The van der Waals surface area contributed by atoms with Gasteiger partial charge in [-0.2, -0.15) is 18.3 Å². The lowest BCUT2D eigenvalue weighted by Gasteiger charge is -2.41. The third kappa shape index (κ3) is 5.59. The second-order valence-corrected chi connectivity index (χ2v) is 8.33. The first kappa shape index (κ1) is 24.2. The van der Waals surface area contributed by atoms with Crippen LogP contribution in [0.2, 0.25) is 0 Å². The second kappa shape index (κ2) is 9.37. The molecule has 4 rings (SSSR count). The molecule has 0 saturated carbocycles. The van der Waals surface area contributed by atoms with Crippen molar-refractivity contribution >= 4 is 23.3 Å². The quantitative estimate of drug-likeness (QED) is 0.435. The highest BCUT2D eigenvalue weighted by Crippen LogP contribution is 2.26. The molecular formula is C21H23F3N8O3. The second-order valence-electron chi connectivity index (χ2n) is 8.33. The van der Waals surface area contributed by atoms with E-state index in [1.54, 1.807) is 10.9 Å². The van der Waals surface area contributed by atoms with Gasteiger partial charge in [0.1, 0.15) is 18.6 Å². The molecule has 0 unspecified atom stereocenters. The lowest BCUT2D eigenvalue weighted by atomic mass is 10.1. The van der Waals surface area contributed by atoms with E-state index in [2.05, 4.69) is 44.4 Å². The van der Waals surface area contributed by atoms with E-state index in [9.17, 15) is 22.8 Å². The number of carbonyl (C=O) groups is 2. The summed E-state index contributed by atoms with van der Waals surface area (Å²) in [4.78, 5) is 34.7. The van der Waals surface area contributed by atoms with Crippen LogP contribution in [0.15, 0.2) is 35.2 Å². The molecule has 0 bridgehead atoms. The average Bonchev–Trinajstić information content (AvgIpc) is 3.38. The minimum Gasteiger partial charge on any atom is -0.444 e. The fraction of sp³-hybridized carbons (Fsp3) is 0.381. The molecule has 1 fully saturated rings. The summed E-state index contributed by atoms with van der Waals surface area (Å²) in [5, 5.41) is 8.96. The Balaban J connectivity index is 1.46. The number of halogens is 3. The number of rotatable bonds is 8. The molecule has 0 aromatic carbocycles. The fourth-order valence-electron chi connectivity index (χ4n) is 3.48. The van der Waals surface area contributed by atoms with E-state index in [-0.39, 0.29) is 34.8 Å². The predicted octanol–water partition coefficient (Wildman–Crippen LogP) is 2.52. The van der Waals surface area contributed by atoms with Crippen molar-refractivity contribution in [2.75, 3.05) is 30.3 Å². The number of amides is 2. The monoisotopic (exact) mass is 492 g/mol. The van der Waals surface area contributed by atoms with Crippen LogP contribution < -0.4 is 16.4 Å². The first-order valence-corrected chi connectivity index (χ1v) is 10.7. The van der Waals surface area contributed by atoms with Crippen molar-refractivity contribution in [2.45, 2.75) is 32.1 Å². The Kier molecular flexibility index (Phi) is 6.47. The third-order valence-electron chi connectivity index (χ3n) is 5.42. The normalized spacial score (nSPS) is 14.7. The molecular weight excluding hydrogens is 469 g/mol. The van der Waals surface area contributed by atoms with Crippen LogP contribution in [0.5, 0.6) is 0 Å². The molecule has 3 aromatic heterocycles. The topological polar surface area (TPSA) is 144 Å². The summed E-state index contributed by atoms with van der Waals surface area (Å²) >= 11 is 0. The molecule has 4 heterocycles. The summed E-state index contributed by atoms with van der Waals surface area (Å²) < 4.78 is 44.2. The Morgan fingerprint density at radius 1 is 1.31 bits per heavy atom. The van der Waals surface area contributed by atoms with Crippen LogP contribution in [0, 0.1) is 0 Å². The first-order valence-electron chi connectivity index (χ1n) is 10.7. The average molecular weight is 492 g/mol. The number of nitrogens with one attached hydrogen (secondary N) is 2. The summed E-state index contributed by atoms with van der Waals surface area (Å²) in [7, 11) is 0. The molecule has 186 valence electrons. The van der Waals surface area contributed by atoms with Gasteiger partial charge in [-0.15, -0.1) is 0 Å². The van der Waals surface area contributed by atoms with E-state index in [4.69, 9.17) is 10.2 Å². The molecule has 4 N–H and O–H groups in total. The van der Waals surface area contributed by atoms with Crippen LogP contribution in [-0.4, -0.2) is 68.3 Å². The van der Waals surface area contributed by atoms with E-state index >= 15 is 0 Å². The molecule has 14 heteroatoms. The number of anilines is 2. The molecule has 1 saturated heterocycles. The van der Waals surface area contributed by atoms with Gasteiger partial charge in [-0.1, -0.05) is 0 Å². The van der Waals surface area contributed by atoms with E-state index in [0.717, 1.165) is 19.4 Å². The van der Waals surface area contributed by atoms with Crippen LogP contribution in [0.25, 0.3) is 11.5 Å². The van der Waals surface area contributed by atoms with Crippen LogP contribution >= 0.6 is 0 Å². The van der Waals surface area contributed by atoms with Crippen molar-refractivity contribution in [3.8, 4) is 11.5 Å². The van der Waals surface area contributed by atoms with E-state index in [1.807, 2.05) is 0 Å². The van der Waals surface area contributed by atoms with Gasteiger partial charge in [-0.05, 0) is 26.0 Å². The number of aromatic nitrogens is 4. The Morgan fingerprint density at radius 3 is 2.71 bits per heavy atom. The van der Waals surface area contributed by atoms with Gasteiger partial charge in [-0.25, -0.2) is 9.97 Å². The van der Waals surface area contributed by atoms with E-state index in [0.29, 0.717) is 11.6 Å². The van der Waals surface area contributed by atoms with Crippen LogP contribution in [-0.2, 0) is 0 Å². The predicted molar refractivity (Wildman–Crippen MR) is 119 cm³/mol. The molecule has 0 aliphatic carbocycles. The maximum atomic E-state index is 12.7. The number of nitrogens with two attached hydrogens (primary N) is 1. The molecule has 0 spiro atoms. The van der Waals surface area contributed by atoms with Crippen molar-refractivity contribution < 1.29 is 27.2 Å². The van der Waals surface area contributed by atoms with Crippen LogP contribution in [0.1, 0.15) is 40.9 Å². The summed E-state index contributed by atoms with van der Waals surface area (Å²) in [5.74, 6) is -1.50. The number of nitrogens with zero attached hydrogens (tertiary/aromatic N) is 5. The number of likely N-dealkylation sites (tertiary alicyclic amines) is 1. The number of carbonyl (C=O) groups excluding carboxylic acids is 2. The number of oxazole rings is 1. The zero-order valence-electron chi connectivity index (χ0n) is 18.8. The number of hydrogen-bond donors (Lipinski definition) is 3. The summed E-state index contributed by atoms with van der Waals surface area (Å²) in [6.45, 7) is 4.41. The van der Waals surface area contributed by atoms with Crippen molar-refractivity contribution in [2.24, 2.45) is 5.73 Å². The Labute approximate surface area is 197 Å². The van der Waals surface area contributed by atoms with Gasteiger partial charge in [0.05, 0.1) is 11.7 Å². The van der Waals surface area contributed by atoms with Crippen LogP contribution in [0.3, 0.4) is 0 Å². The van der Waals surface area contributed by atoms with Gasteiger partial charge in [0.15, 0.2) is 11.4 Å². The van der Waals surface area contributed by atoms with E-state index < -0.39 is 24.5 Å². The molecule has 11 nitrogen and oxygen atoms in total. The van der Waals surface area contributed by atoms with E-state index in [1.165, 1.54) is 18.3 Å². The van der Waals surface area contributed by atoms with Gasteiger partial charge in [0, 0.05) is 37.1 Å². The minimum atomic E-state index is -4.41. The van der Waals surface area contributed by atoms with Crippen molar-refractivity contribution in [3.63, 3.8) is 0 Å². The number of alkyl halides is 3. The molecule has 0 atom stereocenters. The van der Waals surface area contributed by atoms with Crippen LogP contribution in [0.4, 0.5) is 24.7 Å². The number of hydrogen-bond acceptors (Lipinski definition) is 8. The molecule has 1 aliphatic heterocycles. The highest BCUT2D eigenvalue weighted by Gasteiger charge is 2.32. The molecule has 1 aliphatic rings. The Hall–Kier alpha value is -3.94. The maximum Gasteiger partial charge on any atom is 0.405 e. The Bertz CT molecular complexity index is 1230. The maximum absolute atomic E-state index is 12.7. The SMILES string of the molecule is CC(C)N1CC(n2cc(NC(=O)c3coc(-c4ccnc(NCC(F)(F)F)c4)n3)c(C(N)=O)n2)C1. The van der Waals surface area contributed by atoms with Crippen molar-refractivity contribution in [1.82, 2.24) is 24.6 Å². The standard InChI is InChI=1S/C21H23F3N8O3/c1-11(2)31-6-13(7-31)32-8-14(17(30-32)18(25)33)28-19(34)15-9-35-20(29-15)12-3-4-26-16(5-12)27-10-21(22,23)24/h3-5,8-9,11,13H,6-7,10H2,1-2H3,(H2,25,33)(H,26,27)(H,28,34). The molecule has 3 aromatic rings. The summed E-state index contributed by atoms with van der Waals surface area (Å²) in [6, 6.07) is 3.22. The lowest BCUT2D eigenvalue weighted by Crippen LogP contribution is -2.51. The number of pyridine rings is 1. The summed E-state index contributed by atoms with van der Waals surface area (Å²) in [5.41, 5.74) is 5.69. The molecule has 35 heavy (non-hydrogen) atoms. The smallest absolute Gasteiger partial charge is 0.405 e. The van der Waals surface area contributed by atoms with Gasteiger partial charge in [0.25, 0.3) is 11.8 Å². The number of primary amides is 1. The highest BCUT2D eigenvalue weighted by atomic mass is 19.4. The van der Waals surface area contributed by atoms with Crippen molar-refractivity contribution in [1.29, 1.82) is 0 Å². The summed E-state index contributed by atoms with van der Waals surface area (Å²) in [6.07, 6.45) is -0.486. The largest absolute Gasteiger partial charge is 0.444 e. The minimum absolute atomic E-state index is 0.00155. The van der Waals surface area contributed by atoms with Gasteiger partial charge < -0.3 is 20.8 Å². The van der Waals surface area contributed by atoms with Gasteiger partial charge in [-0.3, -0.25) is 19.2 Å².